The maximum absolute atomic E-state index is 10.8. The second-order valence-corrected chi connectivity index (χ2v) is 5.24. The van der Waals surface area contributed by atoms with E-state index in [4.69, 9.17) is 5.11 Å². The molecule has 1 aliphatic carbocycles. The zero-order valence-electron chi connectivity index (χ0n) is 8.96. The average molecular weight is 285 g/mol. The van der Waals surface area contributed by atoms with Crippen molar-refractivity contribution in [3.8, 4) is 5.75 Å². The Labute approximate surface area is 102 Å². The minimum atomic E-state index is -0.788. The van der Waals surface area contributed by atoms with Crippen LogP contribution in [0.15, 0.2) is 16.6 Å². The number of carboxylic acid groups (broad SMARTS) is 1. The van der Waals surface area contributed by atoms with Gasteiger partial charge in [0.25, 0.3) is 0 Å². The SMILES string of the molecule is Cc1ccc(C2(CC(=O)O)CC2)c(Br)c1O. The molecule has 1 aromatic rings. The summed E-state index contributed by atoms with van der Waals surface area (Å²) in [6.45, 7) is 1.82. The van der Waals surface area contributed by atoms with Gasteiger partial charge < -0.3 is 10.2 Å². The Morgan fingerprint density at radius 1 is 1.50 bits per heavy atom. The van der Waals surface area contributed by atoms with Crippen molar-refractivity contribution in [3.63, 3.8) is 0 Å². The molecule has 3 nitrogen and oxygen atoms in total. The van der Waals surface area contributed by atoms with Gasteiger partial charge in [-0.2, -0.15) is 0 Å². The molecule has 0 aromatic heterocycles. The number of rotatable bonds is 3. The van der Waals surface area contributed by atoms with Crippen LogP contribution in [0.4, 0.5) is 0 Å². The van der Waals surface area contributed by atoms with Gasteiger partial charge in [-0.15, -0.1) is 0 Å². The summed E-state index contributed by atoms with van der Waals surface area (Å²) >= 11 is 3.35. The van der Waals surface area contributed by atoms with Crippen LogP contribution in [-0.4, -0.2) is 16.2 Å². The Hall–Kier alpha value is -1.03. The Balaban J connectivity index is 2.42. The summed E-state index contributed by atoms with van der Waals surface area (Å²) in [6, 6.07) is 3.74. The molecule has 0 radical (unpaired) electrons. The van der Waals surface area contributed by atoms with Gasteiger partial charge in [0.05, 0.1) is 10.9 Å². The van der Waals surface area contributed by atoms with E-state index < -0.39 is 5.97 Å². The van der Waals surface area contributed by atoms with Crippen molar-refractivity contribution in [3.05, 3.63) is 27.7 Å². The fourth-order valence-corrected chi connectivity index (χ4v) is 2.92. The number of phenolic OH excluding ortho intramolecular Hbond substituents is 1. The fourth-order valence-electron chi connectivity index (χ4n) is 2.05. The van der Waals surface area contributed by atoms with Crippen LogP contribution in [0.2, 0.25) is 0 Å². The van der Waals surface area contributed by atoms with Gasteiger partial charge in [-0.05, 0) is 46.8 Å². The summed E-state index contributed by atoms with van der Waals surface area (Å²) in [7, 11) is 0. The third kappa shape index (κ3) is 1.82. The highest BCUT2D eigenvalue weighted by Gasteiger charge is 2.47. The van der Waals surface area contributed by atoms with Crippen LogP contribution >= 0.6 is 15.9 Å². The highest BCUT2D eigenvalue weighted by atomic mass is 79.9. The lowest BCUT2D eigenvalue weighted by molar-refractivity contribution is -0.137. The van der Waals surface area contributed by atoms with Crippen LogP contribution in [-0.2, 0) is 10.2 Å². The van der Waals surface area contributed by atoms with E-state index in [1.165, 1.54) is 0 Å². The second kappa shape index (κ2) is 3.77. The molecule has 0 heterocycles. The van der Waals surface area contributed by atoms with Crippen molar-refractivity contribution in [1.82, 2.24) is 0 Å². The van der Waals surface area contributed by atoms with Gasteiger partial charge in [-0.25, -0.2) is 0 Å². The molecule has 0 saturated heterocycles. The second-order valence-electron chi connectivity index (χ2n) is 4.44. The number of aliphatic carboxylic acids is 1. The lowest BCUT2D eigenvalue weighted by atomic mass is 9.91. The number of halogens is 1. The highest BCUT2D eigenvalue weighted by molar-refractivity contribution is 9.10. The predicted octanol–water partition coefficient (Wildman–Crippen LogP) is 2.97. The van der Waals surface area contributed by atoms with Crippen LogP contribution in [0, 0.1) is 6.92 Å². The van der Waals surface area contributed by atoms with E-state index in [1.54, 1.807) is 0 Å². The van der Waals surface area contributed by atoms with Gasteiger partial charge in [0.15, 0.2) is 0 Å². The van der Waals surface area contributed by atoms with E-state index in [-0.39, 0.29) is 17.6 Å². The van der Waals surface area contributed by atoms with Gasteiger partial charge in [0, 0.05) is 5.41 Å². The Bertz CT molecular complexity index is 450. The van der Waals surface area contributed by atoms with Gasteiger partial charge >= 0.3 is 5.97 Å². The van der Waals surface area contributed by atoms with Crippen LogP contribution in [0.25, 0.3) is 0 Å². The molecule has 4 heteroatoms. The van der Waals surface area contributed by atoms with Gasteiger partial charge in [-0.3, -0.25) is 4.79 Å². The lowest BCUT2D eigenvalue weighted by Crippen LogP contribution is -2.13. The van der Waals surface area contributed by atoms with Crippen molar-refractivity contribution in [1.29, 1.82) is 0 Å². The topological polar surface area (TPSA) is 57.5 Å². The molecule has 16 heavy (non-hydrogen) atoms. The predicted molar refractivity (Wildman–Crippen MR) is 63.7 cm³/mol. The minimum absolute atomic E-state index is 0.133. The van der Waals surface area contributed by atoms with Crippen molar-refractivity contribution in [2.45, 2.75) is 31.6 Å². The number of hydrogen-bond donors (Lipinski definition) is 2. The van der Waals surface area contributed by atoms with Crippen LogP contribution in [0.3, 0.4) is 0 Å². The van der Waals surface area contributed by atoms with Gasteiger partial charge in [-0.1, -0.05) is 12.1 Å². The average Bonchev–Trinajstić information content (AvgIpc) is 2.94. The molecular weight excluding hydrogens is 272 g/mol. The third-order valence-electron chi connectivity index (χ3n) is 3.23. The smallest absolute Gasteiger partial charge is 0.304 e. The zero-order valence-corrected chi connectivity index (χ0v) is 10.5. The number of carboxylic acids is 1. The molecule has 1 saturated carbocycles. The number of carbonyl (C=O) groups is 1. The molecular formula is C12H13BrO3. The summed E-state index contributed by atoms with van der Waals surface area (Å²) < 4.78 is 0.645. The summed E-state index contributed by atoms with van der Waals surface area (Å²) in [4.78, 5) is 10.8. The summed E-state index contributed by atoms with van der Waals surface area (Å²) in [5.41, 5.74) is 1.44. The number of benzene rings is 1. The largest absolute Gasteiger partial charge is 0.506 e. The van der Waals surface area contributed by atoms with E-state index in [0.29, 0.717) is 4.47 Å². The molecule has 86 valence electrons. The molecule has 2 rings (SSSR count). The fraction of sp³-hybridized carbons (Fsp3) is 0.417. The van der Waals surface area contributed by atoms with Crippen LogP contribution in [0.1, 0.15) is 30.4 Å². The number of aryl methyl sites for hydroxylation is 1. The van der Waals surface area contributed by atoms with Crippen molar-refractivity contribution in [2.24, 2.45) is 0 Å². The molecule has 0 spiro atoms. The first-order valence-corrected chi connectivity index (χ1v) is 5.96. The molecule has 1 aliphatic rings. The molecule has 1 fully saturated rings. The third-order valence-corrected chi connectivity index (χ3v) is 4.04. The van der Waals surface area contributed by atoms with Crippen LogP contribution in [0.5, 0.6) is 5.75 Å². The van der Waals surface area contributed by atoms with E-state index in [9.17, 15) is 9.90 Å². The Morgan fingerprint density at radius 2 is 2.12 bits per heavy atom. The van der Waals surface area contributed by atoms with Gasteiger partial charge in [0.2, 0.25) is 0 Å². The molecule has 1 aromatic carbocycles. The van der Waals surface area contributed by atoms with Crippen LogP contribution < -0.4 is 0 Å². The monoisotopic (exact) mass is 284 g/mol. The van der Waals surface area contributed by atoms with E-state index in [0.717, 1.165) is 24.0 Å². The lowest BCUT2D eigenvalue weighted by Gasteiger charge is -2.16. The molecule has 0 bridgehead atoms. The number of phenols is 1. The minimum Gasteiger partial charge on any atom is -0.506 e. The van der Waals surface area contributed by atoms with Crippen molar-refractivity contribution < 1.29 is 15.0 Å². The zero-order chi connectivity index (χ0) is 11.9. The maximum atomic E-state index is 10.8. The van der Waals surface area contributed by atoms with Crippen molar-refractivity contribution >= 4 is 21.9 Å². The Kier molecular flexibility index (Phi) is 2.70. The molecule has 0 unspecified atom stereocenters. The summed E-state index contributed by atoms with van der Waals surface area (Å²) in [5, 5.41) is 18.7. The first-order chi connectivity index (χ1) is 7.46. The first-order valence-electron chi connectivity index (χ1n) is 5.17. The van der Waals surface area contributed by atoms with E-state index >= 15 is 0 Å². The maximum Gasteiger partial charge on any atom is 0.304 e. The van der Waals surface area contributed by atoms with E-state index in [1.807, 2.05) is 19.1 Å². The normalized spacial score (nSPS) is 17.1. The standard InChI is InChI=1S/C12H13BrO3/c1-7-2-3-8(10(13)11(7)16)12(4-5-12)6-9(14)15/h2-3,16H,4-6H2,1H3,(H,14,15). The first kappa shape index (κ1) is 11.5. The molecule has 0 atom stereocenters. The van der Waals surface area contributed by atoms with E-state index in [2.05, 4.69) is 15.9 Å². The highest BCUT2D eigenvalue weighted by Crippen LogP contribution is 2.54. The van der Waals surface area contributed by atoms with Gasteiger partial charge in [0.1, 0.15) is 5.75 Å². The number of aromatic hydroxyl groups is 1. The Morgan fingerprint density at radius 3 is 2.62 bits per heavy atom. The quantitative estimate of drug-likeness (QED) is 0.897. The van der Waals surface area contributed by atoms with Crippen molar-refractivity contribution in [2.75, 3.05) is 0 Å². The summed E-state index contributed by atoms with van der Waals surface area (Å²) in [6.07, 6.45) is 1.88. The molecule has 0 amide bonds. The summed E-state index contributed by atoms with van der Waals surface area (Å²) in [5.74, 6) is -0.571. The molecule has 2 N–H and O–H groups in total. The molecule has 0 aliphatic heterocycles. The number of hydrogen-bond acceptors (Lipinski definition) is 2.